The van der Waals surface area contributed by atoms with Crippen LogP contribution in [0.15, 0.2) is 36.4 Å². The number of anilines is 1. The SMILES string of the molecule is COc1cc(C(=O)NCc2cccc(NC(C)=O)c2)c([N+](=O)[O-])cc1OC(F)F. The van der Waals surface area contributed by atoms with Gasteiger partial charge < -0.3 is 20.1 Å². The molecule has 2 amide bonds. The first-order valence-electron chi connectivity index (χ1n) is 8.17. The maximum Gasteiger partial charge on any atom is 0.387 e. The van der Waals surface area contributed by atoms with Crippen LogP contribution < -0.4 is 20.1 Å². The highest BCUT2D eigenvalue weighted by Gasteiger charge is 2.25. The second-order valence-electron chi connectivity index (χ2n) is 5.72. The lowest BCUT2D eigenvalue weighted by atomic mass is 10.1. The predicted octanol–water partition coefficient (Wildman–Crippen LogP) is 3.09. The molecule has 0 aliphatic heterocycles. The van der Waals surface area contributed by atoms with Crippen molar-refractivity contribution in [1.82, 2.24) is 5.32 Å². The summed E-state index contributed by atoms with van der Waals surface area (Å²) in [6, 6.07) is 8.28. The molecule has 0 fully saturated rings. The van der Waals surface area contributed by atoms with Crippen molar-refractivity contribution in [3.05, 3.63) is 57.6 Å². The Morgan fingerprint density at radius 1 is 1.21 bits per heavy atom. The number of benzene rings is 2. The quantitative estimate of drug-likeness (QED) is 0.511. The molecule has 0 heterocycles. The average molecular weight is 409 g/mol. The Morgan fingerprint density at radius 2 is 1.93 bits per heavy atom. The largest absolute Gasteiger partial charge is 0.493 e. The van der Waals surface area contributed by atoms with Crippen LogP contribution in [0.3, 0.4) is 0 Å². The Kier molecular flexibility index (Phi) is 7.01. The van der Waals surface area contributed by atoms with Crippen LogP contribution >= 0.6 is 0 Å². The number of methoxy groups -OCH3 is 1. The van der Waals surface area contributed by atoms with Crippen molar-refractivity contribution in [2.45, 2.75) is 20.1 Å². The van der Waals surface area contributed by atoms with Crippen molar-refractivity contribution in [2.24, 2.45) is 0 Å². The first kappa shape index (κ1) is 21.5. The molecule has 0 aliphatic carbocycles. The Labute approximate surface area is 163 Å². The number of alkyl halides is 2. The fraction of sp³-hybridized carbons (Fsp3) is 0.222. The molecule has 0 aliphatic rings. The van der Waals surface area contributed by atoms with Crippen molar-refractivity contribution in [1.29, 1.82) is 0 Å². The maximum atomic E-state index is 12.5. The molecule has 0 aromatic heterocycles. The highest BCUT2D eigenvalue weighted by molar-refractivity contribution is 5.99. The van der Waals surface area contributed by atoms with Gasteiger partial charge in [0.2, 0.25) is 5.91 Å². The van der Waals surface area contributed by atoms with Crippen LogP contribution in [0.25, 0.3) is 0 Å². The molecular formula is C18H17F2N3O6. The van der Waals surface area contributed by atoms with Gasteiger partial charge in [-0.1, -0.05) is 12.1 Å². The van der Waals surface area contributed by atoms with Crippen molar-refractivity contribution in [3.63, 3.8) is 0 Å². The van der Waals surface area contributed by atoms with Crippen LogP contribution in [0.1, 0.15) is 22.8 Å². The number of nitrogens with one attached hydrogen (secondary N) is 2. The summed E-state index contributed by atoms with van der Waals surface area (Å²) in [6.45, 7) is -1.87. The van der Waals surface area contributed by atoms with Crippen LogP contribution in [0.5, 0.6) is 11.5 Å². The first-order chi connectivity index (χ1) is 13.7. The number of nitro groups is 1. The van der Waals surface area contributed by atoms with Crippen molar-refractivity contribution < 1.29 is 32.8 Å². The minimum atomic E-state index is -3.22. The number of rotatable bonds is 8. The Hall–Kier alpha value is -3.76. The minimum Gasteiger partial charge on any atom is -0.493 e. The molecule has 2 N–H and O–H groups in total. The van der Waals surface area contributed by atoms with Gasteiger partial charge in [0.25, 0.3) is 11.6 Å². The molecule has 0 unspecified atom stereocenters. The predicted molar refractivity (Wildman–Crippen MR) is 98.2 cm³/mol. The van der Waals surface area contributed by atoms with Crippen LogP contribution in [-0.2, 0) is 11.3 Å². The van der Waals surface area contributed by atoms with E-state index in [-0.39, 0.29) is 23.8 Å². The van der Waals surface area contributed by atoms with Gasteiger partial charge in [0.1, 0.15) is 5.56 Å². The normalized spacial score (nSPS) is 10.4. The smallest absolute Gasteiger partial charge is 0.387 e. The third-order valence-electron chi connectivity index (χ3n) is 3.64. The lowest BCUT2D eigenvalue weighted by Crippen LogP contribution is -2.24. The van der Waals surface area contributed by atoms with E-state index in [1.165, 1.54) is 6.92 Å². The number of ether oxygens (including phenoxy) is 2. The zero-order valence-electron chi connectivity index (χ0n) is 15.4. The second kappa shape index (κ2) is 9.44. The fourth-order valence-corrected chi connectivity index (χ4v) is 2.47. The van der Waals surface area contributed by atoms with Crippen LogP contribution in [0, 0.1) is 10.1 Å². The molecule has 2 aromatic carbocycles. The molecule has 11 heteroatoms. The van der Waals surface area contributed by atoms with E-state index >= 15 is 0 Å². The number of carbonyl (C=O) groups excluding carboxylic acids is 2. The molecule has 0 radical (unpaired) electrons. The molecule has 0 saturated carbocycles. The van der Waals surface area contributed by atoms with Gasteiger partial charge in [-0.15, -0.1) is 0 Å². The van der Waals surface area contributed by atoms with Gasteiger partial charge in [-0.05, 0) is 17.7 Å². The van der Waals surface area contributed by atoms with Gasteiger partial charge in [-0.2, -0.15) is 8.78 Å². The summed E-state index contributed by atoms with van der Waals surface area (Å²) < 4.78 is 34.1. The molecule has 9 nitrogen and oxygen atoms in total. The maximum absolute atomic E-state index is 12.5. The minimum absolute atomic E-state index is 0.00101. The number of halogens is 2. The summed E-state index contributed by atoms with van der Waals surface area (Å²) >= 11 is 0. The van der Waals surface area contributed by atoms with Crippen LogP contribution in [0.2, 0.25) is 0 Å². The highest BCUT2D eigenvalue weighted by Crippen LogP contribution is 2.35. The number of hydrogen-bond donors (Lipinski definition) is 2. The summed E-state index contributed by atoms with van der Waals surface area (Å²) in [5.41, 5.74) is 0.0414. The lowest BCUT2D eigenvalue weighted by Gasteiger charge is -2.12. The number of carbonyl (C=O) groups is 2. The second-order valence-corrected chi connectivity index (χ2v) is 5.72. The van der Waals surface area contributed by atoms with E-state index in [2.05, 4.69) is 15.4 Å². The third kappa shape index (κ3) is 5.86. The zero-order chi connectivity index (χ0) is 21.6. The molecule has 0 saturated heterocycles. The van der Waals surface area contributed by atoms with Gasteiger partial charge in [0.15, 0.2) is 11.5 Å². The highest BCUT2D eigenvalue weighted by atomic mass is 19.3. The van der Waals surface area contributed by atoms with Crippen LogP contribution in [-0.4, -0.2) is 30.5 Å². The number of nitro benzene ring substituents is 1. The van der Waals surface area contributed by atoms with Crippen molar-refractivity contribution in [2.75, 3.05) is 12.4 Å². The summed E-state index contributed by atoms with van der Waals surface area (Å²) in [5.74, 6) is -1.90. The number of hydrogen-bond acceptors (Lipinski definition) is 6. The molecule has 0 atom stereocenters. The van der Waals surface area contributed by atoms with E-state index in [4.69, 9.17) is 4.74 Å². The molecular weight excluding hydrogens is 392 g/mol. The summed E-state index contributed by atoms with van der Waals surface area (Å²) in [4.78, 5) is 34.0. The van der Waals surface area contributed by atoms with Gasteiger partial charge >= 0.3 is 6.61 Å². The zero-order valence-corrected chi connectivity index (χ0v) is 15.4. The molecule has 0 spiro atoms. The van der Waals surface area contributed by atoms with Crippen molar-refractivity contribution in [3.8, 4) is 11.5 Å². The molecule has 0 bridgehead atoms. The molecule has 29 heavy (non-hydrogen) atoms. The Bertz CT molecular complexity index is 936. The van der Waals surface area contributed by atoms with E-state index in [1.807, 2.05) is 0 Å². The number of amides is 2. The van der Waals surface area contributed by atoms with E-state index < -0.39 is 28.9 Å². The van der Waals surface area contributed by atoms with Gasteiger partial charge in [-0.25, -0.2) is 0 Å². The van der Waals surface area contributed by atoms with E-state index in [0.29, 0.717) is 17.3 Å². The van der Waals surface area contributed by atoms with E-state index in [9.17, 15) is 28.5 Å². The first-order valence-corrected chi connectivity index (χ1v) is 8.17. The standard InChI is InChI=1S/C18H17F2N3O6/c1-10(24)22-12-5-3-4-11(6-12)9-21-17(25)13-7-15(28-2)16(29-18(19)20)8-14(13)23(26)27/h3-8,18H,9H2,1-2H3,(H,21,25)(H,22,24). The number of nitrogens with zero attached hydrogens (tertiary/aromatic N) is 1. The Morgan fingerprint density at radius 3 is 2.52 bits per heavy atom. The summed E-state index contributed by atoms with van der Waals surface area (Å²) in [7, 11) is 1.15. The van der Waals surface area contributed by atoms with Crippen LogP contribution in [0.4, 0.5) is 20.2 Å². The van der Waals surface area contributed by atoms with Gasteiger partial charge in [0, 0.05) is 25.2 Å². The summed E-state index contributed by atoms with van der Waals surface area (Å²) in [5, 5.41) is 16.4. The Balaban J connectivity index is 2.25. The topological polar surface area (TPSA) is 120 Å². The monoisotopic (exact) mass is 409 g/mol. The van der Waals surface area contributed by atoms with Gasteiger partial charge in [0.05, 0.1) is 18.1 Å². The van der Waals surface area contributed by atoms with E-state index in [0.717, 1.165) is 13.2 Å². The lowest BCUT2D eigenvalue weighted by molar-refractivity contribution is -0.385. The molecule has 2 aromatic rings. The molecule has 154 valence electrons. The van der Waals surface area contributed by atoms with Gasteiger partial charge in [-0.3, -0.25) is 19.7 Å². The fourth-order valence-electron chi connectivity index (χ4n) is 2.47. The summed E-state index contributed by atoms with van der Waals surface area (Å²) in [6.07, 6.45) is 0. The van der Waals surface area contributed by atoms with Crippen molar-refractivity contribution >= 4 is 23.2 Å². The third-order valence-corrected chi connectivity index (χ3v) is 3.64. The molecule has 2 rings (SSSR count). The average Bonchev–Trinajstić information content (AvgIpc) is 2.65. The van der Waals surface area contributed by atoms with E-state index in [1.54, 1.807) is 24.3 Å².